The van der Waals surface area contributed by atoms with E-state index in [4.69, 9.17) is 0 Å². The Bertz CT molecular complexity index is 807. The van der Waals surface area contributed by atoms with Crippen molar-refractivity contribution in [3.8, 4) is 5.69 Å². The van der Waals surface area contributed by atoms with Crippen LogP contribution in [0.15, 0.2) is 48.9 Å². The van der Waals surface area contributed by atoms with Crippen molar-refractivity contribution in [1.29, 1.82) is 0 Å². The van der Waals surface area contributed by atoms with Crippen molar-refractivity contribution in [2.24, 2.45) is 5.92 Å². The number of nitrogens with zero attached hydrogens (tertiary/aromatic N) is 3. The maximum absolute atomic E-state index is 12.4. The number of rotatable bonds is 5. The van der Waals surface area contributed by atoms with Gasteiger partial charge in [-0.3, -0.25) is 9.78 Å². The van der Waals surface area contributed by atoms with Crippen LogP contribution in [0, 0.1) is 5.92 Å². The van der Waals surface area contributed by atoms with Gasteiger partial charge in [-0.15, -0.1) is 0 Å². The fraction of sp³-hybridized carbons (Fsp3) is 0.278. The Hall–Kier alpha value is -2.69. The molecule has 5 nitrogen and oxygen atoms in total. The molecule has 3 rings (SSSR count). The molecule has 2 heterocycles. The second-order valence-electron chi connectivity index (χ2n) is 5.49. The van der Waals surface area contributed by atoms with Crippen LogP contribution in [-0.4, -0.2) is 20.7 Å². The van der Waals surface area contributed by atoms with Gasteiger partial charge < -0.3 is 5.32 Å². The minimum atomic E-state index is 0.0274. The number of carbonyl (C=O) groups excluding carboxylic acids is 1. The van der Waals surface area contributed by atoms with E-state index in [1.807, 2.05) is 50.4 Å². The van der Waals surface area contributed by atoms with Crippen LogP contribution in [0.3, 0.4) is 0 Å². The average molecular weight is 308 g/mol. The average Bonchev–Trinajstić information content (AvgIpc) is 3.10. The topological polar surface area (TPSA) is 59.8 Å². The molecular formula is C18H20N4O. The summed E-state index contributed by atoms with van der Waals surface area (Å²) in [5.41, 5.74) is 2.46. The van der Waals surface area contributed by atoms with Gasteiger partial charge in [-0.05, 0) is 43.2 Å². The first-order valence-corrected chi connectivity index (χ1v) is 7.93. The van der Waals surface area contributed by atoms with Crippen molar-refractivity contribution in [1.82, 2.24) is 14.8 Å². The predicted octanol–water partition coefficient (Wildman–Crippen LogP) is 3.80. The van der Waals surface area contributed by atoms with E-state index < -0.39 is 0 Å². The van der Waals surface area contributed by atoms with E-state index in [1.54, 1.807) is 17.1 Å². The van der Waals surface area contributed by atoms with Gasteiger partial charge in [0, 0.05) is 29.9 Å². The summed E-state index contributed by atoms with van der Waals surface area (Å²) >= 11 is 0. The van der Waals surface area contributed by atoms with Crippen molar-refractivity contribution in [2.75, 3.05) is 5.32 Å². The zero-order valence-corrected chi connectivity index (χ0v) is 13.4. The van der Waals surface area contributed by atoms with Crippen molar-refractivity contribution in [3.63, 3.8) is 0 Å². The molecule has 0 atom stereocenters. The van der Waals surface area contributed by atoms with Crippen LogP contribution in [0.1, 0.15) is 26.7 Å². The molecule has 118 valence electrons. The third-order valence-corrected chi connectivity index (χ3v) is 4.11. The highest BCUT2D eigenvalue weighted by Gasteiger charge is 2.16. The monoisotopic (exact) mass is 308 g/mol. The lowest BCUT2D eigenvalue weighted by atomic mass is 10.0. The smallest absolute Gasteiger partial charge is 0.227 e. The molecule has 0 aliphatic rings. The molecule has 23 heavy (non-hydrogen) atoms. The molecule has 0 saturated heterocycles. The van der Waals surface area contributed by atoms with E-state index in [0.29, 0.717) is 0 Å². The van der Waals surface area contributed by atoms with Gasteiger partial charge >= 0.3 is 0 Å². The number of fused-ring (bicyclic) bond motifs is 1. The van der Waals surface area contributed by atoms with Gasteiger partial charge in [-0.2, -0.15) is 5.10 Å². The standard InChI is InChI=1S/C18H20N4O/c1-3-13(4-2)18(23)21-15-8-9-16(22-12-6-11-20-22)14-7-5-10-19-17(14)15/h5-13H,3-4H2,1-2H3,(H,21,23). The lowest BCUT2D eigenvalue weighted by molar-refractivity contribution is -0.120. The van der Waals surface area contributed by atoms with Gasteiger partial charge in [-0.1, -0.05) is 13.8 Å². The zero-order valence-electron chi connectivity index (χ0n) is 13.4. The van der Waals surface area contributed by atoms with Crippen molar-refractivity contribution >= 4 is 22.5 Å². The summed E-state index contributed by atoms with van der Waals surface area (Å²) in [6.45, 7) is 4.07. The van der Waals surface area contributed by atoms with Gasteiger partial charge in [-0.25, -0.2) is 4.68 Å². The first kappa shape index (κ1) is 15.2. The first-order valence-electron chi connectivity index (χ1n) is 7.93. The van der Waals surface area contributed by atoms with Gasteiger partial charge in [0.05, 0.1) is 16.9 Å². The molecule has 0 saturated carbocycles. The fourth-order valence-electron chi connectivity index (χ4n) is 2.76. The second kappa shape index (κ2) is 6.60. The van der Waals surface area contributed by atoms with Crippen LogP contribution in [0.25, 0.3) is 16.6 Å². The molecule has 0 unspecified atom stereocenters. The highest BCUT2D eigenvalue weighted by atomic mass is 16.1. The van der Waals surface area contributed by atoms with Crippen molar-refractivity contribution < 1.29 is 4.79 Å². The largest absolute Gasteiger partial charge is 0.324 e. The minimum Gasteiger partial charge on any atom is -0.324 e. The summed E-state index contributed by atoms with van der Waals surface area (Å²) in [7, 11) is 0. The molecule has 0 spiro atoms. The molecule has 1 amide bonds. The molecule has 0 fully saturated rings. The molecule has 2 aromatic heterocycles. The summed E-state index contributed by atoms with van der Waals surface area (Å²) in [5, 5.41) is 8.27. The number of nitrogens with one attached hydrogen (secondary N) is 1. The van der Waals surface area contributed by atoms with Crippen LogP contribution < -0.4 is 5.32 Å². The summed E-state index contributed by atoms with van der Waals surface area (Å²) in [6.07, 6.45) is 7.04. The molecular weight excluding hydrogens is 288 g/mol. The quantitative estimate of drug-likeness (QED) is 0.780. The number of benzene rings is 1. The van der Waals surface area contributed by atoms with Gasteiger partial charge in [0.25, 0.3) is 0 Å². The number of pyridine rings is 1. The lowest BCUT2D eigenvalue weighted by Gasteiger charge is -2.15. The van der Waals surface area contributed by atoms with E-state index in [2.05, 4.69) is 15.4 Å². The number of hydrogen-bond donors (Lipinski definition) is 1. The van der Waals surface area contributed by atoms with Crippen molar-refractivity contribution in [2.45, 2.75) is 26.7 Å². The summed E-state index contributed by atoms with van der Waals surface area (Å²) in [6, 6.07) is 9.62. The number of carbonyl (C=O) groups is 1. The van der Waals surface area contributed by atoms with Gasteiger partial charge in [0.2, 0.25) is 5.91 Å². The highest BCUT2D eigenvalue weighted by molar-refractivity contribution is 6.03. The summed E-state index contributed by atoms with van der Waals surface area (Å²) in [4.78, 5) is 16.8. The minimum absolute atomic E-state index is 0.0274. The SMILES string of the molecule is CCC(CC)C(=O)Nc1ccc(-n2cccn2)c2cccnc12. The lowest BCUT2D eigenvalue weighted by Crippen LogP contribution is -2.22. The van der Waals surface area contributed by atoms with E-state index in [-0.39, 0.29) is 11.8 Å². The molecule has 0 aliphatic heterocycles. The maximum Gasteiger partial charge on any atom is 0.227 e. The molecule has 0 aliphatic carbocycles. The first-order chi connectivity index (χ1) is 11.2. The predicted molar refractivity (Wildman–Crippen MR) is 91.6 cm³/mol. The molecule has 3 aromatic rings. The Morgan fingerprint density at radius 3 is 2.70 bits per heavy atom. The van der Waals surface area contributed by atoms with Crippen LogP contribution in [0.4, 0.5) is 5.69 Å². The fourth-order valence-corrected chi connectivity index (χ4v) is 2.76. The zero-order chi connectivity index (χ0) is 16.2. The van der Waals surface area contributed by atoms with E-state index in [0.717, 1.165) is 35.1 Å². The summed E-state index contributed by atoms with van der Waals surface area (Å²) in [5.74, 6) is 0.0772. The normalized spacial score (nSPS) is 11.1. The molecule has 0 bridgehead atoms. The van der Waals surface area contributed by atoms with E-state index in [1.165, 1.54) is 0 Å². The molecule has 5 heteroatoms. The molecule has 1 aromatic carbocycles. The van der Waals surface area contributed by atoms with Crippen molar-refractivity contribution in [3.05, 3.63) is 48.9 Å². The number of amides is 1. The Balaban J connectivity index is 2.03. The third kappa shape index (κ3) is 2.95. The number of aromatic nitrogens is 3. The van der Waals surface area contributed by atoms with Crippen LogP contribution in [-0.2, 0) is 4.79 Å². The Morgan fingerprint density at radius 1 is 1.17 bits per heavy atom. The molecule has 1 N–H and O–H groups in total. The third-order valence-electron chi connectivity index (χ3n) is 4.11. The Kier molecular flexibility index (Phi) is 4.37. The summed E-state index contributed by atoms with van der Waals surface area (Å²) < 4.78 is 1.80. The Morgan fingerprint density at radius 2 is 2.00 bits per heavy atom. The van der Waals surface area contributed by atoms with E-state index in [9.17, 15) is 4.79 Å². The van der Waals surface area contributed by atoms with E-state index >= 15 is 0 Å². The number of hydrogen-bond acceptors (Lipinski definition) is 3. The maximum atomic E-state index is 12.4. The van der Waals surface area contributed by atoms with Gasteiger partial charge in [0.15, 0.2) is 0 Å². The second-order valence-corrected chi connectivity index (χ2v) is 5.49. The van der Waals surface area contributed by atoms with Gasteiger partial charge in [0.1, 0.15) is 0 Å². The van der Waals surface area contributed by atoms with Crippen LogP contribution in [0.2, 0.25) is 0 Å². The van der Waals surface area contributed by atoms with Crippen LogP contribution >= 0.6 is 0 Å². The Labute approximate surface area is 135 Å². The molecule has 0 radical (unpaired) electrons. The van der Waals surface area contributed by atoms with Crippen LogP contribution in [0.5, 0.6) is 0 Å². The number of anilines is 1. The highest BCUT2D eigenvalue weighted by Crippen LogP contribution is 2.27.